The molecule has 8 heteroatoms. The molecule has 0 saturated heterocycles. The van der Waals surface area contributed by atoms with Crippen LogP contribution in [0.1, 0.15) is 10.4 Å². The minimum absolute atomic E-state index is 0.199. The Morgan fingerprint density at radius 2 is 2.10 bits per heavy atom. The first kappa shape index (κ1) is 12.6. The topological polar surface area (TPSA) is 54.5 Å². The number of nitrogens with zero attached hydrogens (tertiary/aromatic N) is 4. The van der Waals surface area contributed by atoms with E-state index in [0.717, 1.165) is 5.51 Å². The fraction of sp³-hybridized carbons (Fsp3) is 0.0833. The molecule has 4 nitrogen and oxygen atoms in total. The monoisotopic (exact) mass is 294 g/mol. The van der Waals surface area contributed by atoms with Gasteiger partial charge in [0.25, 0.3) is 0 Å². The summed E-state index contributed by atoms with van der Waals surface area (Å²) in [5.74, 6) is -0.199. The zero-order valence-electron chi connectivity index (χ0n) is 9.72. The molecule has 0 spiro atoms. The highest BCUT2D eigenvalue weighted by atomic mass is 32.1. The third-order valence-corrected chi connectivity index (χ3v) is 3.55. The van der Waals surface area contributed by atoms with Gasteiger partial charge in [-0.1, -0.05) is 0 Å². The van der Waals surface area contributed by atoms with Gasteiger partial charge in [0.2, 0.25) is 0 Å². The van der Waals surface area contributed by atoms with E-state index in [1.54, 1.807) is 12.1 Å². The van der Waals surface area contributed by atoms with Crippen LogP contribution in [0, 0.1) is 11.3 Å². The average molecular weight is 294 g/mol. The Morgan fingerprint density at radius 1 is 1.30 bits per heavy atom. The van der Waals surface area contributed by atoms with Gasteiger partial charge in [0.1, 0.15) is 11.7 Å². The number of halogens is 3. The van der Waals surface area contributed by atoms with Gasteiger partial charge in [-0.15, -0.1) is 11.3 Å². The molecule has 3 aromatic rings. The second-order valence-corrected chi connectivity index (χ2v) is 4.79. The van der Waals surface area contributed by atoms with Crippen LogP contribution in [0.2, 0.25) is 0 Å². The Labute approximate surface area is 114 Å². The van der Waals surface area contributed by atoms with Gasteiger partial charge in [0, 0.05) is 17.8 Å². The summed E-state index contributed by atoms with van der Waals surface area (Å²) < 4.78 is 39.9. The molecule has 0 unspecified atom stereocenters. The summed E-state index contributed by atoms with van der Waals surface area (Å²) in [7, 11) is 0. The molecule has 0 atom stereocenters. The summed E-state index contributed by atoms with van der Waals surface area (Å²) >= 11 is 0.534. The Bertz CT molecular complexity index is 825. The van der Waals surface area contributed by atoms with Gasteiger partial charge in [0.05, 0.1) is 11.1 Å². The number of rotatable bonds is 1. The number of alkyl halides is 3. The van der Waals surface area contributed by atoms with Gasteiger partial charge in [-0.2, -0.15) is 18.4 Å². The Balaban J connectivity index is 2.22. The highest BCUT2D eigenvalue weighted by Gasteiger charge is 2.36. The van der Waals surface area contributed by atoms with Crippen LogP contribution >= 0.6 is 11.3 Å². The molecule has 0 aliphatic heterocycles. The van der Waals surface area contributed by atoms with E-state index in [-0.39, 0.29) is 5.82 Å². The number of fused-ring (bicyclic) bond motifs is 1. The minimum Gasteiger partial charge on any atom is -0.284 e. The maximum Gasteiger partial charge on any atom is 0.429 e. The minimum atomic E-state index is -4.46. The van der Waals surface area contributed by atoms with Crippen LogP contribution in [0.5, 0.6) is 0 Å². The van der Waals surface area contributed by atoms with Crippen molar-refractivity contribution in [2.24, 2.45) is 0 Å². The fourth-order valence-corrected chi connectivity index (χ4v) is 2.51. The lowest BCUT2D eigenvalue weighted by atomic mass is 10.2. The number of pyridine rings is 1. The molecular weight excluding hydrogens is 289 g/mol. The summed E-state index contributed by atoms with van der Waals surface area (Å²) in [6.07, 6.45) is -1.68. The normalized spacial score (nSPS) is 11.7. The van der Waals surface area contributed by atoms with Gasteiger partial charge in [0.15, 0.2) is 10.7 Å². The molecule has 100 valence electrons. The summed E-state index contributed by atoms with van der Waals surface area (Å²) in [5, 5.41) is 9.37. The van der Waals surface area contributed by atoms with Crippen molar-refractivity contribution in [2.45, 2.75) is 6.18 Å². The average Bonchev–Trinajstić information content (AvgIpc) is 3.02. The molecule has 0 fully saturated rings. The predicted molar refractivity (Wildman–Crippen MR) is 66.5 cm³/mol. The molecule has 0 aliphatic rings. The van der Waals surface area contributed by atoms with E-state index in [1.165, 1.54) is 17.0 Å². The lowest BCUT2D eigenvalue weighted by molar-refractivity contribution is -0.134. The second-order valence-electron chi connectivity index (χ2n) is 3.94. The van der Waals surface area contributed by atoms with E-state index in [1.807, 2.05) is 6.07 Å². The van der Waals surface area contributed by atoms with Gasteiger partial charge in [-0.3, -0.25) is 4.57 Å². The quantitative estimate of drug-likeness (QED) is 0.691. The maximum atomic E-state index is 12.9. The molecular formula is C12H5F3N4S. The smallest absolute Gasteiger partial charge is 0.284 e. The lowest BCUT2D eigenvalue weighted by Gasteiger charge is -2.07. The Kier molecular flexibility index (Phi) is 2.72. The second kappa shape index (κ2) is 4.31. The van der Waals surface area contributed by atoms with Crippen molar-refractivity contribution in [1.82, 2.24) is 14.5 Å². The molecule has 0 amide bonds. The van der Waals surface area contributed by atoms with E-state index < -0.39 is 11.1 Å². The third kappa shape index (κ3) is 1.92. The van der Waals surface area contributed by atoms with Crippen LogP contribution in [0.4, 0.5) is 13.2 Å². The fourth-order valence-electron chi connectivity index (χ4n) is 1.86. The number of hydrogen-bond acceptors (Lipinski definition) is 4. The van der Waals surface area contributed by atoms with E-state index in [4.69, 9.17) is 5.26 Å². The SMILES string of the molecule is N#Cc1cnc2c(ccn2-c2ncsc2C(F)(F)F)c1. The van der Waals surface area contributed by atoms with Crippen LogP contribution in [-0.2, 0) is 6.18 Å². The molecule has 0 aliphatic carbocycles. The molecule has 0 bridgehead atoms. The van der Waals surface area contributed by atoms with E-state index in [0.29, 0.717) is 27.9 Å². The summed E-state index contributed by atoms with van der Waals surface area (Å²) in [4.78, 5) is 7.03. The van der Waals surface area contributed by atoms with Crippen molar-refractivity contribution < 1.29 is 13.2 Å². The van der Waals surface area contributed by atoms with Gasteiger partial charge < -0.3 is 0 Å². The van der Waals surface area contributed by atoms with Crippen LogP contribution in [0.3, 0.4) is 0 Å². The van der Waals surface area contributed by atoms with Crippen molar-refractivity contribution in [3.8, 4) is 11.9 Å². The van der Waals surface area contributed by atoms with Crippen LogP contribution in [-0.4, -0.2) is 14.5 Å². The van der Waals surface area contributed by atoms with Gasteiger partial charge in [-0.25, -0.2) is 9.97 Å². The zero-order chi connectivity index (χ0) is 14.3. The maximum absolute atomic E-state index is 12.9. The summed E-state index contributed by atoms with van der Waals surface area (Å²) in [5.41, 5.74) is 1.83. The number of aromatic nitrogens is 3. The molecule has 3 rings (SSSR count). The first-order chi connectivity index (χ1) is 9.50. The third-order valence-electron chi connectivity index (χ3n) is 2.69. The summed E-state index contributed by atoms with van der Waals surface area (Å²) in [6.45, 7) is 0. The van der Waals surface area contributed by atoms with E-state index in [2.05, 4.69) is 9.97 Å². The first-order valence-electron chi connectivity index (χ1n) is 5.39. The van der Waals surface area contributed by atoms with Gasteiger partial charge in [-0.05, 0) is 12.1 Å². The Morgan fingerprint density at radius 3 is 2.80 bits per heavy atom. The van der Waals surface area contributed by atoms with Crippen molar-refractivity contribution in [3.05, 3.63) is 40.5 Å². The standard InChI is InChI=1S/C12H5F3N4S/c13-12(14,15)9-11(18-6-20-9)19-2-1-8-3-7(4-16)5-17-10(8)19/h1-3,5-6H. The number of nitriles is 1. The largest absolute Gasteiger partial charge is 0.429 e. The molecule has 0 aromatic carbocycles. The molecule has 3 aromatic heterocycles. The van der Waals surface area contributed by atoms with Crippen molar-refractivity contribution >= 4 is 22.4 Å². The van der Waals surface area contributed by atoms with Crippen LogP contribution < -0.4 is 0 Å². The highest BCUT2D eigenvalue weighted by Crippen LogP contribution is 2.37. The zero-order valence-corrected chi connectivity index (χ0v) is 10.5. The van der Waals surface area contributed by atoms with Crippen molar-refractivity contribution in [2.75, 3.05) is 0 Å². The number of hydrogen-bond donors (Lipinski definition) is 0. The van der Waals surface area contributed by atoms with E-state index in [9.17, 15) is 13.2 Å². The highest BCUT2D eigenvalue weighted by molar-refractivity contribution is 7.10. The first-order valence-corrected chi connectivity index (χ1v) is 6.27. The van der Waals surface area contributed by atoms with Crippen LogP contribution in [0.15, 0.2) is 30.0 Å². The lowest BCUT2D eigenvalue weighted by Crippen LogP contribution is -2.08. The molecule has 0 radical (unpaired) electrons. The van der Waals surface area contributed by atoms with Crippen molar-refractivity contribution in [1.29, 1.82) is 5.26 Å². The predicted octanol–water partition coefficient (Wildman–Crippen LogP) is 3.37. The molecule has 20 heavy (non-hydrogen) atoms. The number of thiazole rings is 1. The van der Waals surface area contributed by atoms with Crippen LogP contribution in [0.25, 0.3) is 16.9 Å². The Hall–Kier alpha value is -2.40. The molecule has 0 N–H and O–H groups in total. The van der Waals surface area contributed by atoms with E-state index >= 15 is 0 Å². The summed E-state index contributed by atoms with van der Waals surface area (Å²) in [6, 6.07) is 5.10. The van der Waals surface area contributed by atoms with Crippen molar-refractivity contribution in [3.63, 3.8) is 0 Å². The molecule has 0 saturated carbocycles. The van der Waals surface area contributed by atoms with Gasteiger partial charge >= 0.3 is 6.18 Å². The molecule has 3 heterocycles.